The Morgan fingerprint density at radius 1 is 1.14 bits per heavy atom. The average molecular weight is 306 g/mol. The maximum absolute atomic E-state index is 5.65. The maximum Gasteiger partial charge on any atom is 0.137 e. The van der Waals surface area contributed by atoms with E-state index >= 15 is 0 Å². The molecule has 0 amide bonds. The highest BCUT2D eigenvalue weighted by Gasteiger charge is 2.50. The SMILES string of the molecule is Cn1cnnc1C1CN(C2CCOCC2)CC12CCOCC2. The topological polar surface area (TPSA) is 52.4 Å². The predicted octanol–water partition coefficient (Wildman–Crippen LogP) is 1.19. The molecule has 1 atom stereocenters. The summed E-state index contributed by atoms with van der Waals surface area (Å²) >= 11 is 0. The molecule has 1 spiro atoms. The van der Waals surface area contributed by atoms with Crippen LogP contribution in [0.5, 0.6) is 0 Å². The molecule has 6 heteroatoms. The lowest BCUT2D eigenvalue weighted by atomic mass is 9.72. The number of hydrogen-bond donors (Lipinski definition) is 0. The van der Waals surface area contributed by atoms with Gasteiger partial charge in [-0.15, -0.1) is 10.2 Å². The van der Waals surface area contributed by atoms with Crippen LogP contribution in [-0.2, 0) is 16.5 Å². The van der Waals surface area contributed by atoms with Crippen LogP contribution in [0.3, 0.4) is 0 Å². The van der Waals surface area contributed by atoms with E-state index in [2.05, 4.69) is 26.7 Å². The summed E-state index contributed by atoms with van der Waals surface area (Å²) in [6.07, 6.45) is 6.45. The lowest BCUT2D eigenvalue weighted by Crippen LogP contribution is -2.40. The van der Waals surface area contributed by atoms with Gasteiger partial charge in [-0.3, -0.25) is 4.90 Å². The van der Waals surface area contributed by atoms with E-state index in [-0.39, 0.29) is 0 Å². The smallest absolute Gasteiger partial charge is 0.137 e. The van der Waals surface area contributed by atoms with E-state index in [1.54, 1.807) is 0 Å². The summed E-state index contributed by atoms with van der Waals surface area (Å²) in [5.74, 6) is 1.63. The second-order valence-electron chi connectivity index (χ2n) is 7.10. The molecule has 1 aromatic rings. The van der Waals surface area contributed by atoms with Crippen molar-refractivity contribution in [1.82, 2.24) is 19.7 Å². The summed E-state index contributed by atoms with van der Waals surface area (Å²) in [5, 5.41) is 8.57. The number of aryl methyl sites for hydroxylation is 1. The minimum Gasteiger partial charge on any atom is -0.381 e. The number of hydrogen-bond acceptors (Lipinski definition) is 5. The van der Waals surface area contributed by atoms with E-state index in [0.717, 1.165) is 64.5 Å². The normalized spacial score (nSPS) is 30.1. The van der Waals surface area contributed by atoms with Gasteiger partial charge in [0.05, 0.1) is 0 Å². The summed E-state index contributed by atoms with van der Waals surface area (Å²) in [6.45, 7) is 5.87. The van der Waals surface area contributed by atoms with Gasteiger partial charge in [0.2, 0.25) is 0 Å². The predicted molar refractivity (Wildman–Crippen MR) is 81.6 cm³/mol. The lowest BCUT2D eigenvalue weighted by molar-refractivity contribution is 0.00170. The Kier molecular flexibility index (Phi) is 3.92. The van der Waals surface area contributed by atoms with E-state index in [0.29, 0.717) is 17.4 Å². The van der Waals surface area contributed by atoms with Gasteiger partial charge in [0.1, 0.15) is 12.2 Å². The largest absolute Gasteiger partial charge is 0.381 e. The highest BCUT2D eigenvalue weighted by molar-refractivity contribution is 5.13. The van der Waals surface area contributed by atoms with Crippen LogP contribution in [0, 0.1) is 5.41 Å². The molecule has 0 saturated carbocycles. The van der Waals surface area contributed by atoms with Gasteiger partial charge in [-0.2, -0.15) is 0 Å². The van der Waals surface area contributed by atoms with Crippen LogP contribution in [0.25, 0.3) is 0 Å². The highest BCUT2D eigenvalue weighted by atomic mass is 16.5. The fourth-order valence-electron chi connectivity index (χ4n) is 4.58. The Balaban J connectivity index is 1.60. The monoisotopic (exact) mass is 306 g/mol. The molecule has 0 radical (unpaired) electrons. The van der Waals surface area contributed by atoms with Crippen molar-refractivity contribution in [2.75, 3.05) is 39.5 Å². The summed E-state index contributed by atoms with van der Waals surface area (Å²) in [4.78, 5) is 2.70. The van der Waals surface area contributed by atoms with Crippen molar-refractivity contribution < 1.29 is 9.47 Å². The number of nitrogens with zero attached hydrogens (tertiary/aromatic N) is 4. The molecule has 1 unspecified atom stereocenters. The Morgan fingerprint density at radius 2 is 1.86 bits per heavy atom. The Morgan fingerprint density at radius 3 is 2.55 bits per heavy atom. The van der Waals surface area contributed by atoms with Crippen molar-refractivity contribution in [3.8, 4) is 0 Å². The second kappa shape index (κ2) is 5.91. The summed E-state index contributed by atoms with van der Waals surface area (Å²) < 4.78 is 13.3. The molecule has 122 valence electrons. The fraction of sp³-hybridized carbons (Fsp3) is 0.875. The van der Waals surface area contributed by atoms with Crippen molar-refractivity contribution in [2.24, 2.45) is 12.5 Å². The molecule has 3 fully saturated rings. The first-order valence-electron chi connectivity index (χ1n) is 8.52. The van der Waals surface area contributed by atoms with Crippen LogP contribution in [0.15, 0.2) is 6.33 Å². The first-order valence-corrected chi connectivity index (χ1v) is 8.52. The maximum atomic E-state index is 5.65. The van der Waals surface area contributed by atoms with E-state index in [4.69, 9.17) is 9.47 Å². The zero-order chi connectivity index (χ0) is 15.0. The third kappa shape index (κ3) is 2.47. The number of rotatable bonds is 2. The van der Waals surface area contributed by atoms with Gasteiger partial charge in [-0.25, -0.2) is 0 Å². The molecule has 6 nitrogen and oxygen atoms in total. The molecule has 0 aromatic carbocycles. The number of ether oxygens (including phenoxy) is 2. The van der Waals surface area contributed by atoms with Gasteiger partial charge in [0.25, 0.3) is 0 Å². The first-order chi connectivity index (χ1) is 10.8. The zero-order valence-corrected chi connectivity index (χ0v) is 13.4. The number of likely N-dealkylation sites (tertiary alicyclic amines) is 1. The van der Waals surface area contributed by atoms with Gasteiger partial charge >= 0.3 is 0 Å². The summed E-state index contributed by atoms with van der Waals surface area (Å²) in [6, 6.07) is 0.673. The van der Waals surface area contributed by atoms with Gasteiger partial charge in [0.15, 0.2) is 0 Å². The van der Waals surface area contributed by atoms with E-state index in [1.807, 2.05) is 6.33 Å². The molecule has 4 rings (SSSR count). The first kappa shape index (κ1) is 14.6. The van der Waals surface area contributed by atoms with Crippen LogP contribution in [0.1, 0.15) is 37.4 Å². The van der Waals surface area contributed by atoms with E-state index < -0.39 is 0 Å². The molecular weight excluding hydrogens is 280 g/mol. The molecule has 4 heterocycles. The Hall–Kier alpha value is -0.980. The van der Waals surface area contributed by atoms with E-state index in [9.17, 15) is 0 Å². The summed E-state index contributed by atoms with van der Waals surface area (Å²) in [5.41, 5.74) is 0.317. The van der Waals surface area contributed by atoms with Crippen molar-refractivity contribution >= 4 is 0 Å². The second-order valence-corrected chi connectivity index (χ2v) is 7.10. The van der Waals surface area contributed by atoms with E-state index in [1.165, 1.54) is 6.54 Å². The number of aromatic nitrogens is 3. The van der Waals surface area contributed by atoms with Crippen LogP contribution in [-0.4, -0.2) is 65.2 Å². The molecule has 1 aromatic heterocycles. The van der Waals surface area contributed by atoms with Crippen LogP contribution < -0.4 is 0 Å². The quantitative estimate of drug-likeness (QED) is 0.821. The van der Waals surface area contributed by atoms with Gasteiger partial charge < -0.3 is 14.0 Å². The van der Waals surface area contributed by atoms with Crippen molar-refractivity contribution in [2.45, 2.75) is 37.6 Å². The molecule has 3 aliphatic heterocycles. The van der Waals surface area contributed by atoms with Gasteiger partial charge in [-0.05, 0) is 31.1 Å². The van der Waals surface area contributed by atoms with Crippen molar-refractivity contribution in [1.29, 1.82) is 0 Å². The van der Waals surface area contributed by atoms with Crippen molar-refractivity contribution in [3.05, 3.63) is 12.2 Å². The molecule has 0 N–H and O–H groups in total. The molecule has 0 aliphatic carbocycles. The standard InChI is InChI=1S/C16H26N4O2/c1-19-12-17-18-15(19)14-10-20(13-2-6-21-7-3-13)11-16(14)4-8-22-9-5-16/h12-14H,2-11H2,1H3. The molecule has 0 bridgehead atoms. The van der Waals surface area contributed by atoms with Crippen LogP contribution >= 0.6 is 0 Å². The van der Waals surface area contributed by atoms with Crippen LogP contribution in [0.2, 0.25) is 0 Å². The Bertz CT molecular complexity index is 506. The summed E-state index contributed by atoms with van der Waals surface area (Å²) in [7, 11) is 2.07. The third-order valence-electron chi connectivity index (χ3n) is 5.93. The molecule has 22 heavy (non-hydrogen) atoms. The van der Waals surface area contributed by atoms with Crippen LogP contribution in [0.4, 0.5) is 0 Å². The Labute approximate surface area is 131 Å². The molecular formula is C16H26N4O2. The van der Waals surface area contributed by atoms with Gasteiger partial charge in [0, 0.05) is 58.5 Å². The molecule has 3 saturated heterocycles. The molecule has 3 aliphatic rings. The zero-order valence-electron chi connectivity index (χ0n) is 13.4. The minimum atomic E-state index is 0.317. The average Bonchev–Trinajstić information content (AvgIpc) is 3.13. The third-order valence-corrected chi connectivity index (χ3v) is 5.93. The van der Waals surface area contributed by atoms with Gasteiger partial charge in [-0.1, -0.05) is 0 Å². The lowest BCUT2D eigenvalue weighted by Gasteiger charge is -2.38. The fourth-order valence-corrected chi connectivity index (χ4v) is 4.58. The van der Waals surface area contributed by atoms with Crippen molar-refractivity contribution in [3.63, 3.8) is 0 Å². The minimum absolute atomic E-state index is 0.317. The highest BCUT2D eigenvalue weighted by Crippen LogP contribution is 2.49.